The summed E-state index contributed by atoms with van der Waals surface area (Å²) in [5.74, 6) is -0.543. The van der Waals surface area contributed by atoms with Gasteiger partial charge in [0.2, 0.25) is 10.0 Å². The summed E-state index contributed by atoms with van der Waals surface area (Å²) in [6.07, 6.45) is 0. The van der Waals surface area contributed by atoms with E-state index in [2.05, 4.69) is 4.72 Å². The fraction of sp³-hybridized carbons (Fsp3) is 0.353. The van der Waals surface area contributed by atoms with Crippen LogP contribution in [0.5, 0.6) is 0 Å². The minimum absolute atomic E-state index is 0.0600. The van der Waals surface area contributed by atoms with Gasteiger partial charge in [-0.2, -0.15) is 0 Å². The molecule has 2 rings (SSSR count). The Bertz CT molecular complexity index is 904. The Balaban J connectivity index is 2.38. The molecule has 0 bridgehead atoms. The van der Waals surface area contributed by atoms with Gasteiger partial charge >= 0.3 is 5.97 Å². The third kappa shape index (κ3) is 3.89. The monoisotopic (exact) mass is 384 g/mol. The highest BCUT2D eigenvalue weighted by Crippen LogP contribution is 2.27. The maximum Gasteiger partial charge on any atom is 0.355 e. The zero-order chi connectivity index (χ0) is 18.8. The molecule has 0 spiro atoms. The molecule has 1 heterocycles. The molecule has 0 amide bonds. The lowest BCUT2D eigenvalue weighted by Crippen LogP contribution is -2.24. The van der Waals surface area contributed by atoms with Crippen LogP contribution in [-0.4, -0.2) is 25.6 Å². The summed E-state index contributed by atoms with van der Waals surface area (Å²) in [6.45, 7) is 5.23. The highest BCUT2D eigenvalue weighted by Gasteiger charge is 2.29. The van der Waals surface area contributed by atoms with Gasteiger partial charge in [0.15, 0.2) is 0 Å². The molecule has 0 fully saturated rings. The predicted molar refractivity (Wildman–Crippen MR) is 96.3 cm³/mol. The second-order valence-corrected chi connectivity index (χ2v) is 7.69. The Kier molecular flexibility index (Phi) is 5.92. The van der Waals surface area contributed by atoms with E-state index in [0.29, 0.717) is 21.8 Å². The molecule has 0 atom stereocenters. The van der Waals surface area contributed by atoms with Gasteiger partial charge in [0.1, 0.15) is 10.6 Å². The molecule has 0 unspecified atom stereocenters. The largest absolute Gasteiger partial charge is 0.461 e. The highest BCUT2D eigenvalue weighted by atomic mass is 35.5. The van der Waals surface area contributed by atoms with Gasteiger partial charge < -0.3 is 9.30 Å². The lowest BCUT2D eigenvalue weighted by molar-refractivity contribution is 0.0514. The van der Waals surface area contributed by atoms with Crippen LogP contribution in [0, 0.1) is 13.8 Å². The molecule has 0 aliphatic rings. The Morgan fingerprint density at radius 1 is 1.28 bits per heavy atom. The Hall–Kier alpha value is -1.83. The van der Waals surface area contributed by atoms with Gasteiger partial charge in [-0.1, -0.05) is 29.8 Å². The summed E-state index contributed by atoms with van der Waals surface area (Å²) in [4.78, 5) is 12.2. The lowest BCUT2D eigenvalue weighted by atomic mass is 10.2. The standard InChI is InChI=1S/C17H21ClN2O4S/c1-5-24-17(21)15-11(2)16(12(3)20(15)4)25(22,23)19-10-13-8-6-7-9-14(13)18/h6-9,19H,5,10H2,1-4H3. The van der Waals surface area contributed by atoms with Gasteiger partial charge in [0, 0.05) is 29.9 Å². The minimum atomic E-state index is -3.82. The van der Waals surface area contributed by atoms with Crippen LogP contribution in [0.2, 0.25) is 5.02 Å². The number of esters is 1. The van der Waals surface area contributed by atoms with Crippen molar-refractivity contribution in [1.29, 1.82) is 0 Å². The summed E-state index contributed by atoms with van der Waals surface area (Å²) in [5.41, 5.74) is 1.74. The molecule has 0 aliphatic heterocycles. The van der Waals surface area contributed by atoms with Gasteiger partial charge in [-0.3, -0.25) is 0 Å². The molecular weight excluding hydrogens is 364 g/mol. The van der Waals surface area contributed by atoms with E-state index in [4.69, 9.17) is 16.3 Å². The number of benzene rings is 1. The molecule has 1 N–H and O–H groups in total. The molecular formula is C17H21ClN2O4S. The SMILES string of the molecule is CCOC(=O)c1c(C)c(S(=O)(=O)NCc2ccccc2Cl)c(C)n1C. The summed E-state index contributed by atoms with van der Waals surface area (Å²) in [7, 11) is -2.18. The second kappa shape index (κ2) is 7.59. The first-order valence-electron chi connectivity index (χ1n) is 7.76. The summed E-state index contributed by atoms with van der Waals surface area (Å²) in [6, 6.07) is 7.01. The zero-order valence-electron chi connectivity index (χ0n) is 14.6. The third-order valence-electron chi connectivity index (χ3n) is 4.01. The first-order valence-corrected chi connectivity index (χ1v) is 9.62. The van der Waals surface area contributed by atoms with E-state index in [9.17, 15) is 13.2 Å². The Morgan fingerprint density at radius 3 is 2.52 bits per heavy atom. The molecule has 0 aliphatic carbocycles. The summed E-state index contributed by atoms with van der Waals surface area (Å²) in [5, 5.41) is 0.485. The number of carbonyl (C=O) groups excluding carboxylic acids is 1. The summed E-state index contributed by atoms with van der Waals surface area (Å²) < 4.78 is 34.7. The average molecular weight is 385 g/mol. The fourth-order valence-corrected chi connectivity index (χ4v) is 4.44. The first-order chi connectivity index (χ1) is 11.7. The maximum atomic E-state index is 12.8. The molecule has 1 aromatic carbocycles. The number of nitrogens with one attached hydrogen (secondary N) is 1. The fourth-order valence-electron chi connectivity index (χ4n) is 2.72. The zero-order valence-corrected chi connectivity index (χ0v) is 16.2. The van der Waals surface area contributed by atoms with Gasteiger partial charge in [-0.05, 0) is 32.4 Å². The van der Waals surface area contributed by atoms with Crippen molar-refractivity contribution in [3.8, 4) is 0 Å². The average Bonchev–Trinajstić information content (AvgIpc) is 2.77. The van der Waals surface area contributed by atoms with Crippen molar-refractivity contribution >= 4 is 27.6 Å². The Labute approximate surface area is 152 Å². The number of ether oxygens (including phenoxy) is 1. The van der Waals surface area contributed by atoms with Gasteiger partial charge in [-0.25, -0.2) is 17.9 Å². The van der Waals surface area contributed by atoms with E-state index in [1.165, 1.54) is 4.57 Å². The van der Waals surface area contributed by atoms with Gasteiger partial charge in [-0.15, -0.1) is 0 Å². The van der Waals surface area contributed by atoms with E-state index in [-0.39, 0.29) is 23.7 Å². The number of carbonyl (C=O) groups is 1. The molecule has 8 heteroatoms. The van der Waals surface area contributed by atoms with Crippen molar-refractivity contribution in [2.24, 2.45) is 7.05 Å². The number of aromatic nitrogens is 1. The van der Waals surface area contributed by atoms with Crippen LogP contribution in [-0.2, 0) is 28.4 Å². The van der Waals surface area contributed by atoms with E-state index < -0.39 is 16.0 Å². The van der Waals surface area contributed by atoms with Crippen LogP contribution in [0.3, 0.4) is 0 Å². The number of sulfonamides is 1. The molecule has 0 saturated heterocycles. The third-order valence-corrected chi connectivity index (χ3v) is 6.04. The first kappa shape index (κ1) is 19.5. The van der Waals surface area contributed by atoms with Gasteiger partial charge in [0.05, 0.1) is 6.61 Å². The van der Waals surface area contributed by atoms with Gasteiger partial charge in [0.25, 0.3) is 0 Å². The van der Waals surface area contributed by atoms with Crippen LogP contribution in [0.4, 0.5) is 0 Å². The smallest absolute Gasteiger partial charge is 0.355 e. The van der Waals surface area contributed by atoms with E-state index in [0.717, 1.165) is 0 Å². The maximum absolute atomic E-state index is 12.8. The molecule has 6 nitrogen and oxygen atoms in total. The molecule has 25 heavy (non-hydrogen) atoms. The summed E-state index contributed by atoms with van der Waals surface area (Å²) >= 11 is 6.07. The molecule has 136 valence electrons. The van der Waals surface area contributed by atoms with Crippen molar-refractivity contribution in [2.45, 2.75) is 32.2 Å². The van der Waals surface area contributed by atoms with Crippen LogP contribution in [0.1, 0.15) is 34.2 Å². The second-order valence-electron chi connectivity index (χ2n) is 5.58. The molecule has 2 aromatic rings. The van der Waals surface area contributed by atoms with Crippen LogP contribution < -0.4 is 4.72 Å². The highest BCUT2D eigenvalue weighted by molar-refractivity contribution is 7.89. The Morgan fingerprint density at radius 2 is 1.92 bits per heavy atom. The normalized spacial score (nSPS) is 11.6. The number of hydrogen-bond acceptors (Lipinski definition) is 4. The quantitative estimate of drug-likeness (QED) is 0.777. The van der Waals surface area contributed by atoms with Crippen molar-refractivity contribution in [1.82, 2.24) is 9.29 Å². The molecule has 1 aromatic heterocycles. The van der Waals surface area contributed by atoms with Crippen LogP contribution in [0.25, 0.3) is 0 Å². The molecule has 0 saturated carbocycles. The van der Waals surface area contributed by atoms with E-state index in [1.54, 1.807) is 52.1 Å². The molecule has 0 radical (unpaired) electrons. The van der Waals surface area contributed by atoms with Crippen LogP contribution in [0.15, 0.2) is 29.2 Å². The minimum Gasteiger partial charge on any atom is -0.461 e. The topological polar surface area (TPSA) is 77.4 Å². The van der Waals surface area contributed by atoms with Crippen molar-refractivity contribution in [3.63, 3.8) is 0 Å². The van der Waals surface area contributed by atoms with Crippen molar-refractivity contribution in [2.75, 3.05) is 6.61 Å². The van der Waals surface area contributed by atoms with Crippen molar-refractivity contribution < 1.29 is 17.9 Å². The number of rotatable bonds is 6. The van der Waals surface area contributed by atoms with E-state index >= 15 is 0 Å². The number of hydrogen-bond donors (Lipinski definition) is 1. The lowest BCUT2D eigenvalue weighted by Gasteiger charge is -2.09. The van der Waals surface area contributed by atoms with Crippen LogP contribution >= 0.6 is 11.6 Å². The van der Waals surface area contributed by atoms with E-state index in [1.807, 2.05) is 0 Å². The number of halogens is 1. The predicted octanol–water partition coefficient (Wildman–Crippen LogP) is 2.95. The van der Waals surface area contributed by atoms with Crippen molar-refractivity contribution in [3.05, 3.63) is 51.8 Å². The number of nitrogens with zero attached hydrogens (tertiary/aromatic N) is 1.